The van der Waals surface area contributed by atoms with Crippen molar-refractivity contribution in [2.45, 2.75) is 32.6 Å². The van der Waals surface area contributed by atoms with Gasteiger partial charge in [0.25, 0.3) is 0 Å². The second-order valence-electron chi connectivity index (χ2n) is 7.84. The van der Waals surface area contributed by atoms with E-state index in [0.29, 0.717) is 10.6 Å². The van der Waals surface area contributed by atoms with Gasteiger partial charge in [0.2, 0.25) is 5.95 Å². The fourth-order valence-corrected chi connectivity index (χ4v) is 4.55. The molecular formula is C21H25ClN6. The molecule has 2 aliphatic heterocycles. The summed E-state index contributed by atoms with van der Waals surface area (Å²) in [6.07, 6.45) is 10.2. The number of pyridine rings is 1. The number of aromatic nitrogens is 3. The lowest BCUT2D eigenvalue weighted by molar-refractivity contribution is 0.232. The number of hydrogen-bond donors (Lipinski definition) is 0. The molecule has 0 amide bonds. The lowest BCUT2D eigenvalue weighted by Gasteiger charge is -2.40. The molecule has 0 atom stereocenters. The Morgan fingerprint density at radius 2 is 1.50 bits per heavy atom. The Morgan fingerprint density at radius 1 is 0.929 bits per heavy atom. The van der Waals surface area contributed by atoms with Gasteiger partial charge in [-0.25, -0.2) is 15.0 Å². The average Bonchev–Trinajstić information content (AvgIpc) is 2.75. The van der Waals surface area contributed by atoms with Crippen LogP contribution in [0.2, 0.25) is 5.02 Å². The average molecular weight is 397 g/mol. The zero-order valence-corrected chi connectivity index (χ0v) is 16.9. The fraction of sp³-hybridized carbons (Fsp3) is 0.524. The van der Waals surface area contributed by atoms with Crippen LogP contribution in [0.1, 0.15) is 36.8 Å². The van der Waals surface area contributed by atoms with Crippen LogP contribution in [0.5, 0.6) is 0 Å². The van der Waals surface area contributed by atoms with E-state index < -0.39 is 0 Å². The molecule has 0 radical (unpaired) electrons. The van der Waals surface area contributed by atoms with E-state index in [1.165, 1.54) is 25.7 Å². The molecule has 2 fully saturated rings. The molecule has 2 aromatic rings. The predicted molar refractivity (Wildman–Crippen MR) is 111 cm³/mol. The fourth-order valence-electron chi connectivity index (χ4n) is 4.41. The zero-order chi connectivity index (χ0) is 19.5. The largest absolute Gasteiger partial charge is 0.357 e. The van der Waals surface area contributed by atoms with E-state index in [1.807, 2.05) is 25.4 Å². The van der Waals surface area contributed by atoms with Gasteiger partial charge in [0.05, 0.1) is 10.6 Å². The summed E-state index contributed by atoms with van der Waals surface area (Å²) in [5, 5.41) is 9.60. The molecule has 0 spiro atoms. The number of hydrogen-bond acceptors (Lipinski definition) is 6. The van der Waals surface area contributed by atoms with E-state index in [4.69, 9.17) is 11.6 Å². The van der Waals surface area contributed by atoms with Crippen LogP contribution in [0, 0.1) is 30.1 Å². The van der Waals surface area contributed by atoms with Crippen LogP contribution in [0.3, 0.4) is 0 Å². The van der Waals surface area contributed by atoms with Gasteiger partial charge in [-0.1, -0.05) is 11.6 Å². The van der Waals surface area contributed by atoms with Crippen molar-refractivity contribution in [3.05, 3.63) is 40.8 Å². The minimum absolute atomic E-state index is 0.422. The minimum atomic E-state index is 0.422. The highest BCUT2D eigenvalue weighted by atomic mass is 35.5. The Balaban J connectivity index is 1.30. The number of aryl methyl sites for hydroxylation is 1. The van der Waals surface area contributed by atoms with E-state index in [1.54, 1.807) is 6.20 Å². The number of nitriles is 1. The highest BCUT2D eigenvalue weighted by molar-refractivity contribution is 6.31. The molecule has 0 unspecified atom stereocenters. The number of halogens is 1. The molecule has 0 saturated carbocycles. The van der Waals surface area contributed by atoms with Gasteiger partial charge in [0.15, 0.2) is 0 Å². The molecule has 4 rings (SSSR count). The van der Waals surface area contributed by atoms with Crippen LogP contribution in [0.25, 0.3) is 0 Å². The summed E-state index contributed by atoms with van der Waals surface area (Å²) < 4.78 is 0. The highest BCUT2D eigenvalue weighted by Crippen LogP contribution is 2.34. The third-order valence-corrected chi connectivity index (χ3v) is 6.38. The summed E-state index contributed by atoms with van der Waals surface area (Å²) in [5.41, 5.74) is 1.60. The Bertz CT molecular complexity index is 846. The topological polar surface area (TPSA) is 68.9 Å². The molecule has 0 bridgehead atoms. The van der Waals surface area contributed by atoms with Crippen LogP contribution >= 0.6 is 11.6 Å². The van der Waals surface area contributed by atoms with Crippen LogP contribution in [0.15, 0.2) is 24.7 Å². The van der Waals surface area contributed by atoms with Crippen molar-refractivity contribution >= 4 is 23.4 Å². The van der Waals surface area contributed by atoms with E-state index in [2.05, 4.69) is 30.8 Å². The maximum absolute atomic E-state index is 9.18. The van der Waals surface area contributed by atoms with Gasteiger partial charge in [-0.3, -0.25) is 0 Å². The summed E-state index contributed by atoms with van der Waals surface area (Å²) in [4.78, 5) is 18.0. The summed E-state index contributed by atoms with van der Waals surface area (Å²) in [7, 11) is 0. The van der Waals surface area contributed by atoms with Crippen molar-refractivity contribution in [3.8, 4) is 6.07 Å². The standard InChI is InChI=1S/C21H25ClN6/c1-15-12-25-21(26-13-15)28-8-4-17(5-9-28)16-2-6-27(7-3-16)20-10-18(11-23)19(22)14-24-20/h10,12-14,16-17H,2-9H2,1H3. The third-order valence-electron chi connectivity index (χ3n) is 6.08. The van der Waals surface area contributed by atoms with Gasteiger partial charge in [0, 0.05) is 44.8 Å². The van der Waals surface area contributed by atoms with Crippen molar-refractivity contribution in [2.24, 2.45) is 11.8 Å². The van der Waals surface area contributed by atoms with Crippen molar-refractivity contribution < 1.29 is 0 Å². The Hall–Kier alpha value is -2.39. The maximum atomic E-state index is 9.18. The molecule has 0 aliphatic carbocycles. The molecule has 4 heterocycles. The van der Waals surface area contributed by atoms with Gasteiger partial charge in [-0.05, 0) is 56.1 Å². The van der Waals surface area contributed by atoms with Crippen molar-refractivity contribution in [1.82, 2.24) is 15.0 Å². The molecule has 7 heteroatoms. The van der Waals surface area contributed by atoms with Crippen molar-refractivity contribution in [3.63, 3.8) is 0 Å². The van der Waals surface area contributed by atoms with E-state index in [9.17, 15) is 5.26 Å². The lowest BCUT2D eigenvalue weighted by atomic mass is 9.79. The van der Waals surface area contributed by atoms with Crippen LogP contribution in [-0.2, 0) is 0 Å². The second kappa shape index (κ2) is 8.32. The van der Waals surface area contributed by atoms with Crippen LogP contribution < -0.4 is 9.80 Å². The predicted octanol–water partition coefficient (Wildman–Crippen LogP) is 3.84. The third kappa shape index (κ3) is 4.05. The maximum Gasteiger partial charge on any atom is 0.225 e. The number of nitrogens with zero attached hydrogens (tertiary/aromatic N) is 6. The first kappa shape index (κ1) is 18.9. The van der Waals surface area contributed by atoms with Crippen LogP contribution in [-0.4, -0.2) is 41.1 Å². The van der Waals surface area contributed by atoms with Gasteiger partial charge in [0.1, 0.15) is 11.9 Å². The molecule has 2 aromatic heterocycles. The Kier molecular flexibility index (Phi) is 5.63. The van der Waals surface area contributed by atoms with E-state index in [-0.39, 0.29) is 0 Å². The summed E-state index contributed by atoms with van der Waals surface area (Å²) in [6, 6.07) is 3.95. The number of rotatable bonds is 3. The minimum Gasteiger partial charge on any atom is -0.357 e. The highest BCUT2D eigenvalue weighted by Gasteiger charge is 2.30. The molecule has 146 valence electrons. The molecule has 6 nitrogen and oxygen atoms in total. The first-order valence-electron chi connectivity index (χ1n) is 9.98. The van der Waals surface area contributed by atoms with Gasteiger partial charge < -0.3 is 9.80 Å². The first-order valence-corrected chi connectivity index (χ1v) is 10.4. The summed E-state index contributed by atoms with van der Waals surface area (Å²) in [5.74, 6) is 3.27. The zero-order valence-electron chi connectivity index (χ0n) is 16.2. The van der Waals surface area contributed by atoms with E-state index >= 15 is 0 Å². The Labute approximate surface area is 171 Å². The summed E-state index contributed by atoms with van der Waals surface area (Å²) in [6.45, 7) is 6.08. The molecule has 2 aliphatic rings. The van der Waals surface area contributed by atoms with Crippen molar-refractivity contribution in [1.29, 1.82) is 5.26 Å². The van der Waals surface area contributed by atoms with Crippen LogP contribution in [0.4, 0.5) is 11.8 Å². The number of piperidine rings is 2. The summed E-state index contributed by atoms with van der Waals surface area (Å²) >= 11 is 6.01. The molecule has 28 heavy (non-hydrogen) atoms. The monoisotopic (exact) mass is 396 g/mol. The SMILES string of the molecule is Cc1cnc(N2CCC(C3CCN(c4cc(C#N)c(Cl)cn4)CC3)CC2)nc1. The Morgan fingerprint density at radius 3 is 2.07 bits per heavy atom. The van der Waals surface area contributed by atoms with E-state index in [0.717, 1.165) is 55.3 Å². The molecule has 0 N–H and O–H groups in total. The van der Waals surface area contributed by atoms with Crippen molar-refractivity contribution in [2.75, 3.05) is 36.0 Å². The smallest absolute Gasteiger partial charge is 0.225 e. The quantitative estimate of drug-likeness (QED) is 0.785. The van der Waals surface area contributed by atoms with Gasteiger partial charge in [-0.15, -0.1) is 0 Å². The lowest BCUT2D eigenvalue weighted by Crippen LogP contribution is -2.41. The first-order chi connectivity index (χ1) is 13.6. The molecule has 0 aromatic carbocycles. The van der Waals surface area contributed by atoms with Gasteiger partial charge >= 0.3 is 0 Å². The second-order valence-corrected chi connectivity index (χ2v) is 8.25. The van der Waals surface area contributed by atoms with Gasteiger partial charge in [-0.2, -0.15) is 5.26 Å². The number of anilines is 2. The molecular weight excluding hydrogens is 372 g/mol. The normalized spacial score (nSPS) is 18.9. The molecule has 2 saturated heterocycles.